The minimum Gasteiger partial charge on any atom is -0.342 e. The zero-order valence-corrected chi connectivity index (χ0v) is 25.4. The Labute approximate surface area is 260 Å². The third kappa shape index (κ3) is 6.51. The van der Waals surface area contributed by atoms with Crippen molar-refractivity contribution >= 4 is 52.5 Å². The normalized spacial score (nSPS) is 19.4. The van der Waals surface area contributed by atoms with Crippen molar-refractivity contribution in [2.45, 2.75) is 82.0 Å². The van der Waals surface area contributed by atoms with Crippen LogP contribution in [0.25, 0.3) is 0 Å². The minimum absolute atomic E-state index is 0.00371. The van der Waals surface area contributed by atoms with Gasteiger partial charge in [0, 0.05) is 37.9 Å². The van der Waals surface area contributed by atoms with E-state index in [0.29, 0.717) is 0 Å². The molecule has 2 aromatic carbocycles. The molecule has 2 fully saturated rings. The van der Waals surface area contributed by atoms with Gasteiger partial charge in [0.25, 0.3) is 0 Å². The van der Waals surface area contributed by atoms with E-state index in [1.165, 1.54) is 17.0 Å². The standard InChI is InChI=1S/C31H36Cl2FN5O4/c32-21-7-8-22(28(34)27(21)33)36-29(42)23(11-15-35)37-30(43)24-17-19-5-1-2-6-20(19)18-38(24)25(40)9-10-26(41)39-16-4-14-31(39)12-3-13-31/h1-2,5-8,23-24H,3-4,9-18,35H2,(H,36,42)(H,37,43)/t23-,24-/m0/s1. The first-order chi connectivity index (χ1) is 20.6. The van der Waals surface area contributed by atoms with Gasteiger partial charge in [-0.2, -0.15) is 0 Å². The Morgan fingerprint density at radius 3 is 2.40 bits per heavy atom. The first kappa shape index (κ1) is 31.2. The molecule has 0 radical (unpaired) electrons. The van der Waals surface area contributed by atoms with E-state index in [9.17, 15) is 23.6 Å². The Hall–Kier alpha value is -3.21. The van der Waals surface area contributed by atoms with Gasteiger partial charge in [0.15, 0.2) is 5.82 Å². The van der Waals surface area contributed by atoms with Crippen molar-refractivity contribution in [3.8, 4) is 0 Å². The van der Waals surface area contributed by atoms with Gasteiger partial charge in [-0.15, -0.1) is 0 Å². The number of nitrogens with zero attached hydrogens (tertiary/aromatic N) is 2. The Kier molecular flexibility index (Phi) is 9.58. The summed E-state index contributed by atoms with van der Waals surface area (Å²) in [5.41, 5.74) is 7.37. The number of hydrogen-bond acceptors (Lipinski definition) is 5. The van der Waals surface area contributed by atoms with Crippen molar-refractivity contribution in [3.63, 3.8) is 0 Å². The third-order valence-electron chi connectivity index (χ3n) is 8.99. The Morgan fingerprint density at radius 1 is 1.00 bits per heavy atom. The first-order valence-corrected chi connectivity index (χ1v) is 15.5. The lowest BCUT2D eigenvalue weighted by Gasteiger charge is -2.46. The number of halogens is 3. The number of hydrogen-bond donors (Lipinski definition) is 3. The minimum atomic E-state index is -1.10. The fraction of sp³-hybridized carbons (Fsp3) is 0.484. The molecule has 230 valence electrons. The molecular weight excluding hydrogens is 596 g/mol. The van der Waals surface area contributed by atoms with E-state index < -0.39 is 29.7 Å². The molecule has 4 amide bonds. The van der Waals surface area contributed by atoms with Gasteiger partial charge in [0.05, 0.1) is 15.7 Å². The summed E-state index contributed by atoms with van der Waals surface area (Å²) in [5, 5.41) is 4.83. The van der Waals surface area contributed by atoms with Gasteiger partial charge in [-0.1, -0.05) is 47.5 Å². The number of benzene rings is 2. The molecule has 5 rings (SSSR count). The van der Waals surface area contributed by atoms with Gasteiger partial charge >= 0.3 is 0 Å². The lowest BCUT2D eigenvalue weighted by atomic mass is 9.75. The highest BCUT2D eigenvalue weighted by Crippen LogP contribution is 2.45. The molecule has 1 spiro atoms. The molecule has 2 aliphatic heterocycles. The van der Waals surface area contributed by atoms with E-state index in [2.05, 4.69) is 10.6 Å². The third-order valence-corrected chi connectivity index (χ3v) is 9.77. The van der Waals surface area contributed by atoms with Crippen molar-refractivity contribution in [1.29, 1.82) is 0 Å². The number of rotatable bonds is 9. The smallest absolute Gasteiger partial charge is 0.247 e. The van der Waals surface area contributed by atoms with E-state index in [1.54, 1.807) is 0 Å². The van der Waals surface area contributed by atoms with Gasteiger partial charge in [0.1, 0.15) is 12.1 Å². The average molecular weight is 633 g/mol. The van der Waals surface area contributed by atoms with E-state index in [-0.39, 0.29) is 71.9 Å². The van der Waals surface area contributed by atoms with E-state index in [1.807, 2.05) is 29.2 Å². The van der Waals surface area contributed by atoms with Gasteiger partial charge in [-0.3, -0.25) is 19.2 Å². The highest BCUT2D eigenvalue weighted by Gasteiger charge is 2.47. The monoisotopic (exact) mass is 631 g/mol. The first-order valence-electron chi connectivity index (χ1n) is 14.7. The molecule has 2 aromatic rings. The average Bonchev–Trinajstić information content (AvgIpc) is 3.45. The maximum Gasteiger partial charge on any atom is 0.247 e. The van der Waals surface area contributed by atoms with Gasteiger partial charge in [-0.25, -0.2) is 4.39 Å². The molecule has 2 atom stereocenters. The van der Waals surface area contributed by atoms with Crippen LogP contribution in [0, 0.1) is 5.82 Å². The van der Waals surface area contributed by atoms with Crippen LogP contribution < -0.4 is 16.4 Å². The van der Waals surface area contributed by atoms with Crippen molar-refractivity contribution < 1.29 is 23.6 Å². The molecule has 2 heterocycles. The molecule has 12 heteroatoms. The van der Waals surface area contributed by atoms with Crippen LogP contribution in [-0.2, 0) is 32.1 Å². The molecule has 3 aliphatic rings. The molecule has 1 saturated carbocycles. The summed E-state index contributed by atoms with van der Waals surface area (Å²) in [6.45, 7) is 1.00. The summed E-state index contributed by atoms with van der Waals surface area (Å²) >= 11 is 11.7. The largest absolute Gasteiger partial charge is 0.342 e. The lowest BCUT2D eigenvalue weighted by Crippen LogP contribution is -2.56. The predicted octanol–water partition coefficient (Wildman–Crippen LogP) is 4.18. The molecule has 1 saturated heterocycles. The van der Waals surface area contributed by atoms with Crippen molar-refractivity contribution in [3.05, 3.63) is 63.4 Å². The SMILES string of the molecule is NCC[C@H](NC(=O)[C@@H]1Cc2ccccc2CN1C(=O)CCC(=O)N1CCCC12CCC2)C(=O)Nc1ccc(Cl)c(Cl)c1F. The summed E-state index contributed by atoms with van der Waals surface area (Å²) in [6, 6.07) is 8.18. The van der Waals surface area contributed by atoms with Crippen LogP contribution in [0.5, 0.6) is 0 Å². The molecule has 1 aliphatic carbocycles. The molecule has 9 nitrogen and oxygen atoms in total. The Bertz CT molecular complexity index is 1420. The molecule has 0 aromatic heterocycles. The second-order valence-corrected chi connectivity index (χ2v) is 12.4. The zero-order valence-electron chi connectivity index (χ0n) is 23.8. The summed E-state index contributed by atoms with van der Waals surface area (Å²) in [6.07, 6.45) is 5.56. The van der Waals surface area contributed by atoms with Crippen LogP contribution in [0.2, 0.25) is 10.0 Å². The molecule has 0 bridgehead atoms. The second-order valence-electron chi connectivity index (χ2n) is 11.6. The maximum absolute atomic E-state index is 14.6. The summed E-state index contributed by atoms with van der Waals surface area (Å²) in [4.78, 5) is 57.0. The summed E-state index contributed by atoms with van der Waals surface area (Å²) in [7, 11) is 0. The highest BCUT2D eigenvalue weighted by atomic mass is 35.5. The fourth-order valence-electron chi connectivity index (χ4n) is 6.49. The van der Waals surface area contributed by atoms with Crippen LogP contribution in [0.15, 0.2) is 36.4 Å². The van der Waals surface area contributed by atoms with Gasteiger partial charge in [0.2, 0.25) is 23.6 Å². The van der Waals surface area contributed by atoms with Crippen LogP contribution in [-0.4, -0.2) is 64.1 Å². The van der Waals surface area contributed by atoms with Crippen molar-refractivity contribution in [1.82, 2.24) is 15.1 Å². The highest BCUT2D eigenvalue weighted by molar-refractivity contribution is 6.42. The number of carbonyl (C=O) groups is 4. The Balaban J connectivity index is 1.29. The number of nitrogens with one attached hydrogen (secondary N) is 2. The number of fused-ring (bicyclic) bond motifs is 1. The number of amides is 4. The summed E-state index contributed by atoms with van der Waals surface area (Å²) in [5.74, 6) is -2.44. The van der Waals surface area contributed by atoms with Gasteiger partial charge < -0.3 is 26.2 Å². The Morgan fingerprint density at radius 2 is 1.70 bits per heavy atom. The van der Waals surface area contributed by atoms with E-state index in [4.69, 9.17) is 28.9 Å². The number of nitrogens with two attached hydrogens (primary N) is 1. The van der Waals surface area contributed by atoms with Gasteiger partial charge in [-0.05, 0) is 68.3 Å². The maximum atomic E-state index is 14.6. The van der Waals surface area contributed by atoms with Crippen molar-refractivity contribution in [2.24, 2.45) is 5.73 Å². The van der Waals surface area contributed by atoms with Crippen LogP contribution in [0.3, 0.4) is 0 Å². The predicted molar refractivity (Wildman–Crippen MR) is 162 cm³/mol. The van der Waals surface area contributed by atoms with Crippen LogP contribution >= 0.6 is 23.2 Å². The molecular formula is C31H36Cl2FN5O4. The fourth-order valence-corrected chi connectivity index (χ4v) is 6.80. The zero-order chi connectivity index (χ0) is 30.7. The lowest BCUT2D eigenvalue weighted by molar-refractivity contribution is -0.145. The quantitative estimate of drug-likeness (QED) is 0.358. The number of likely N-dealkylation sites (tertiary alicyclic amines) is 1. The molecule has 0 unspecified atom stereocenters. The number of carbonyl (C=O) groups excluding carboxylic acids is 4. The van der Waals surface area contributed by atoms with Crippen molar-refractivity contribution in [2.75, 3.05) is 18.4 Å². The van der Waals surface area contributed by atoms with E-state index in [0.717, 1.165) is 49.8 Å². The second kappa shape index (κ2) is 13.2. The number of anilines is 1. The van der Waals surface area contributed by atoms with E-state index >= 15 is 0 Å². The summed E-state index contributed by atoms with van der Waals surface area (Å²) < 4.78 is 14.6. The molecule has 43 heavy (non-hydrogen) atoms. The molecule has 4 N–H and O–H groups in total. The topological polar surface area (TPSA) is 125 Å². The van der Waals surface area contributed by atoms with Crippen LogP contribution in [0.4, 0.5) is 10.1 Å². The van der Waals surface area contributed by atoms with Crippen LogP contribution in [0.1, 0.15) is 62.5 Å².